The number of carbonyl (C=O) groups is 3. The summed E-state index contributed by atoms with van der Waals surface area (Å²) in [7, 11) is 0.458. The molecule has 11 heteroatoms. The van der Waals surface area contributed by atoms with E-state index in [1.165, 1.54) is 12.1 Å². The number of piperidine rings is 1. The molecule has 1 aromatic rings. The lowest BCUT2D eigenvalue weighted by atomic mass is 9.97. The van der Waals surface area contributed by atoms with Gasteiger partial charge >= 0.3 is 12.1 Å². The minimum absolute atomic E-state index is 0.0203. The van der Waals surface area contributed by atoms with Crippen molar-refractivity contribution >= 4 is 39.8 Å². The molecule has 2 rings (SSSR count). The second-order valence-corrected chi connectivity index (χ2v) is 10.8. The van der Waals surface area contributed by atoms with Crippen LogP contribution >= 0.6 is 11.6 Å². The van der Waals surface area contributed by atoms with E-state index < -0.39 is 40.6 Å². The molecule has 0 aromatic heterocycles. The van der Waals surface area contributed by atoms with Crippen molar-refractivity contribution in [3.8, 4) is 5.75 Å². The summed E-state index contributed by atoms with van der Waals surface area (Å²) in [5.74, 6) is -2.09. The van der Waals surface area contributed by atoms with Crippen molar-refractivity contribution in [2.75, 3.05) is 13.2 Å². The predicted octanol–water partition coefficient (Wildman–Crippen LogP) is 1.52. The van der Waals surface area contributed by atoms with Crippen LogP contribution in [0.25, 0.3) is 0 Å². The molecule has 1 aliphatic rings. The van der Waals surface area contributed by atoms with Gasteiger partial charge in [0.2, 0.25) is 0 Å². The average molecular weight is 461 g/mol. The van der Waals surface area contributed by atoms with Crippen LogP contribution in [0.15, 0.2) is 18.2 Å². The minimum atomic E-state index is -1.12. The second-order valence-electron chi connectivity index (χ2n) is 8.47. The van der Waals surface area contributed by atoms with Gasteiger partial charge in [0.25, 0.3) is 5.91 Å². The molecule has 0 bridgehead atoms. The Morgan fingerprint density at radius 2 is 2.07 bits per heavy atom. The zero-order valence-electron chi connectivity index (χ0n) is 17.3. The van der Waals surface area contributed by atoms with E-state index in [2.05, 4.69) is 5.32 Å². The van der Waals surface area contributed by atoms with Crippen molar-refractivity contribution in [3.63, 3.8) is 0 Å². The third kappa shape index (κ3) is 6.59. The Balaban J connectivity index is 2.03. The van der Waals surface area contributed by atoms with E-state index >= 15 is 0 Å². The van der Waals surface area contributed by atoms with E-state index in [4.69, 9.17) is 21.1 Å². The van der Waals surface area contributed by atoms with Gasteiger partial charge in [-0.2, -0.15) is 0 Å². The molecule has 1 fully saturated rings. The number of aliphatic carboxylic acids is 1. The molecule has 0 radical (unpaired) electrons. The topological polar surface area (TPSA) is 105 Å². The highest BCUT2D eigenvalue weighted by Crippen LogP contribution is 2.26. The first-order valence-electron chi connectivity index (χ1n) is 9.41. The Bertz CT molecular complexity index is 834. The number of nitrogens with zero attached hydrogens (tertiary/aromatic N) is 1. The van der Waals surface area contributed by atoms with Crippen molar-refractivity contribution in [2.45, 2.75) is 50.4 Å². The number of benzene rings is 1. The van der Waals surface area contributed by atoms with Crippen LogP contribution in [0.2, 0.25) is 5.02 Å². The molecule has 0 aliphatic carbocycles. The molecule has 1 aliphatic heterocycles. The fraction of sp³-hybridized carbons (Fsp3) is 0.526. The fourth-order valence-electron chi connectivity index (χ4n) is 3.14. The van der Waals surface area contributed by atoms with E-state index in [0.29, 0.717) is 16.7 Å². The van der Waals surface area contributed by atoms with Crippen LogP contribution in [0.1, 0.15) is 33.6 Å². The summed E-state index contributed by atoms with van der Waals surface area (Å²) in [6.07, 6.45) is -0.157. The van der Waals surface area contributed by atoms with E-state index in [0.717, 1.165) is 11.0 Å². The molecule has 1 saturated heterocycles. The van der Waals surface area contributed by atoms with Crippen molar-refractivity contribution in [2.24, 2.45) is 0 Å². The minimum Gasteiger partial charge on any atom is -0.484 e. The van der Waals surface area contributed by atoms with Gasteiger partial charge in [-0.25, -0.2) is 14.0 Å². The van der Waals surface area contributed by atoms with Crippen molar-refractivity contribution in [1.82, 2.24) is 10.2 Å². The smallest absolute Gasteiger partial charge is 0.411 e. The molecule has 2 amide bonds. The number of halogens is 2. The molecule has 2 atom stereocenters. The molecule has 0 saturated carbocycles. The Labute approximate surface area is 182 Å². The summed E-state index contributed by atoms with van der Waals surface area (Å²) in [6.45, 7) is 4.73. The Morgan fingerprint density at radius 1 is 1.40 bits per heavy atom. The maximum Gasteiger partial charge on any atom is 0.411 e. The van der Waals surface area contributed by atoms with Crippen LogP contribution in [0.4, 0.5) is 9.18 Å². The van der Waals surface area contributed by atoms with Crippen LogP contribution in [-0.4, -0.2) is 68.2 Å². The number of likely N-dealkylation sites (tertiary alicyclic amines) is 1. The van der Waals surface area contributed by atoms with Gasteiger partial charge in [0, 0.05) is 28.0 Å². The molecule has 8 nitrogen and oxygen atoms in total. The molecular weight excluding hydrogens is 435 g/mol. The number of rotatable bonds is 5. The number of hydrogen-bond acceptors (Lipinski definition) is 5. The summed E-state index contributed by atoms with van der Waals surface area (Å²) < 4.78 is 24.1. The molecule has 0 unspecified atom stereocenters. The lowest BCUT2D eigenvalue weighted by Crippen LogP contribution is -2.65. The Morgan fingerprint density at radius 3 is 2.63 bits per heavy atom. The zero-order chi connectivity index (χ0) is 22.7. The monoisotopic (exact) mass is 460 g/mol. The van der Waals surface area contributed by atoms with Crippen LogP contribution < -0.4 is 10.1 Å². The van der Waals surface area contributed by atoms with Gasteiger partial charge < -0.3 is 19.9 Å². The maximum absolute atomic E-state index is 13.5. The van der Waals surface area contributed by atoms with Gasteiger partial charge in [0.05, 0.1) is 5.02 Å². The Kier molecular flexibility index (Phi) is 7.35. The normalized spacial score (nSPS) is 21.8. The van der Waals surface area contributed by atoms with Gasteiger partial charge in [-0.1, -0.05) is 11.6 Å². The molecular formula is C19H26ClFN2O6Si. The molecule has 30 heavy (non-hydrogen) atoms. The van der Waals surface area contributed by atoms with Gasteiger partial charge in [-0.15, -0.1) is 0 Å². The summed E-state index contributed by atoms with van der Waals surface area (Å²) >= 11 is 5.61. The largest absolute Gasteiger partial charge is 0.484 e. The van der Waals surface area contributed by atoms with Crippen LogP contribution in [-0.2, 0) is 14.3 Å². The summed E-state index contributed by atoms with van der Waals surface area (Å²) in [5, 5.41) is 11.5. The number of ether oxygens (including phenoxy) is 2. The molecule has 0 spiro atoms. The first-order valence-corrected chi connectivity index (χ1v) is 10.8. The van der Waals surface area contributed by atoms with E-state index in [1.54, 1.807) is 20.8 Å². The van der Waals surface area contributed by atoms with Crippen LogP contribution in [0.5, 0.6) is 5.75 Å². The number of carbonyl (C=O) groups excluding carboxylic acids is 2. The number of nitrogens with one attached hydrogen (secondary N) is 1. The summed E-state index contributed by atoms with van der Waals surface area (Å²) in [6, 6.07) is 2.82. The van der Waals surface area contributed by atoms with E-state index in [9.17, 15) is 23.9 Å². The van der Waals surface area contributed by atoms with Crippen molar-refractivity contribution in [1.29, 1.82) is 0 Å². The SMILES string of the molecule is CC(C)(C)OC(=O)N1C[C@]([SiH3])(NC(=O)COc2ccc(Cl)c(F)c2)CC[C@@H]1C(=O)O. The van der Waals surface area contributed by atoms with Gasteiger partial charge in [0.1, 0.15) is 23.2 Å². The number of carboxylic acids is 1. The van der Waals surface area contributed by atoms with Gasteiger partial charge in [-0.3, -0.25) is 9.69 Å². The van der Waals surface area contributed by atoms with Gasteiger partial charge in [0.15, 0.2) is 6.61 Å². The first kappa shape index (κ1) is 23.9. The average Bonchev–Trinajstić information content (AvgIpc) is 2.60. The number of hydrogen-bond donors (Lipinski definition) is 2. The Hall–Kier alpha value is -2.33. The highest BCUT2D eigenvalue weighted by Gasteiger charge is 2.43. The fourth-order valence-corrected chi connectivity index (χ4v) is 4.16. The lowest BCUT2D eigenvalue weighted by molar-refractivity contribution is -0.145. The highest BCUT2D eigenvalue weighted by molar-refractivity contribution is 6.30. The maximum atomic E-state index is 13.5. The van der Waals surface area contributed by atoms with E-state index in [-0.39, 0.29) is 30.3 Å². The van der Waals surface area contributed by atoms with Crippen molar-refractivity contribution < 1.29 is 33.4 Å². The quantitative estimate of drug-likeness (QED) is 0.645. The molecule has 1 heterocycles. The molecule has 1 aromatic carbocycles. The molecule has 166 valence electrons. The second kappa shape index (κ2) is 9.21. The van der Waals surface area contributed by atoms with Gasteiger partial charge in [-0.05, 0) is 45.7 Å². The summed E-state index contributed by atoms with van der Waals surface area (Å²) in [4.78, 5) is 37.7. The number of amides is 2. The lowest BCUT2D eigenvalue weighted by Gasteiger charge is -2.44. The van der Waals surface area contributed by atoms with E-state index in [1.807, 2.05) is 0 Å². The predicted molar refractivity (Wildman–Crippen MR) is 111 cm³/mol. The zero-order valence-corrected chi connectivity index (χ0v) is 20.1. The third-order valence-corrected chi connectivity index (χ3v) is 5.85. The van der Waals surface area contributed by atoms with Crippen LogP contribution in [0, 0.1) is 5.82 Å². The van der Waals surface area contributed by atoms with Crippen molar-refractivity contribution in [3.05, 3.63) is 29.0 Å². The highest BCUT2D eigenvalue weighted by atomic mass is 35.5. The number of carboxylic acid groups (broad SMARTS) is 1. The third-order valence-electron chi connectivity index (χ3n) is 4.48. The standard InChI is InChI=1S/C19H26ClFN2O6Si/c1-18(2,3)29-17(27)23-10-19(30,7-6-14(23)16(25)26)22-15(24)9-28-11-4-5-12(20)13(21)8-11/h4-5,8,14H,6-7,9-10H2,1-3,30H3,(H,22,24)(H,25,26)/t14-,19+/m1/s1. The van der Waals surface area contributed by atoms with Crippen LogP contribution in [0.3, 0.4) is 0 Å². The summed E-state index contributed by atoms with van der Waals surface area (Å²) in [5.41, 5.74) is -0.781. The first-order chi connectivity index (χ1) is 13.8. The molecule has 2 N–H and O–H groups in total.